The number of aromatic nitrogens is 1. The Morgan fingerprint density at radius 1 is 1.23 bits per heavy atom. The van der Waals surface area contributed by atoms with Gasteiger partial charge in [0, 0.05) is 17.3 Å². The first-order valence-electron chi connectivity index (χ1n) is 7.77. The molecule has 1 atom stereocenters. The van der Waals surface area contributed by atoms with E-state index >= 15 is 0 Å². The Kier molecular flexibility index (Phi) is 5.20. The van der Waals surface area contributed by atoms with Crippen LogP contribution in [0.25, 0.3) is 10.9 Å². The van der Waals surface area contributed by atoms with Crippen LogP contribution in [0.1, 0.15) is 32.0 Å². The predicted octanol–water partition coefficient (Wildman–Crippen LogP) is 3.71. The second-order valence-corrected chi connectivity index (χ2v) is 6.76. The zero-order chi connectivity index (χ0) is 19.7. The van der Waals surface area contributed by atoms with Crippen molar-refractivity contribution >= 4 is 23.0 Å². The first kappa shape index (κ1) is 19.6. The van der Waals surface area contributed by atoms with Crippen molar-refractivity contribution in [1.82, 2.24) is 10.3 Å². The maximum atomic E-state index is 13.3. The van der Waals surface area contributed by atoms with Gasteiger partial charge in [-0.2, -0.15) is 13.2 Å². The fraction of sp³-hybridized carbons (Fsp3) is 0.412. The molecular formula is C17H19F3N2O4. The molecule has 0 aliphatic heterocycles. The Morgan fingerprint density at radius 2 is 1.85 bits per heavy atom. The molecule has 26 heavy (non-hydrogen) atoms. The standard InChI is InChI=1S/C17H19F3N2O4/c1-16(2,3)26-15(25)22-12(14(23)24)8-10-9-6-4-5-7-11(9)21-13(10)17(18,19)20/h4-7,12,21H,8H2,1-3H3,(H,22,25)(H,23,24)/t12-/m0/s1. The first-order valence-corrected chi connectivity index (χ1v) is 7.77. The number of rotatable bonds is 4. The molecule has 0 aliphatic rings. The number of hydrogen-bond acceptors (Lipinski definition) is 3. The molecule has 3 N–H and O–H groups in total. The number of aromatic amines is 1. The average Bonchev–Trinajstić information content (AvgIpc) is 2.83. The fourth-order valence-electron chi connectivity index (χ4n) is 2.51. The van der Waals surface area contributed by atoms with E-state index in [0.29, 0.717) is 0 Å². The quantitative estimate of drug-likeness (QED) is 0.763. The van der Waals surface area contributed by atoms with E-state index in [1.807, 2.05) is 0 Å². The molecule has 1 amide bonds. The van der Waals surface area contributed by atoms with Crippen molar-refractivity contribution < 1.29 is 32.6 Å². The zero-order valence-corrected chi connectivity index (χ0v) is 14.4. The normalized spacial score (nSPS) is 13.5. The Morgan fingerprint density at radius 3 is 2.38 bits per heavy atom. The number of carbonyl (C=O) groups excluding carboxylic acids is 1. The van der Waals surface area contributed by atoms with Crippen molar-refractivity contribution in [3.63, 3.8) is 0 Å². The van der Waals surface area contributed by atoms with Crippen LogP contribution in [0.4, 0.5) is 18.0 Å². The molecule has 2 aromatic rings. The van der Waals surface area contributed by atoms with Gasteiger partial charge in [-0.15, -0.1) is 0 Å². The van der Waals surface area contributed by atoms with Crippen LogP contribution < -0.4 is 5.32 Å². The number of carbonyl (C=O) groups is 2. The van der Waals surface area contributed by atoms with Gasteiger partial charge in [0.2, 0.25) is 0 Å². The van der Waals surface area contributed by atoms with Crippen molar-refractivity contribution in [1.29, 1.82) is 0 Å². The van der Waals surface area contributed by atoms with E-state index in [1.54, 1.807) is 32.9 Å². The molecule has 0 aliphatic carbocycles. The van der Waals surface area contributed by atoms with Crippen molar-refractivity contribution in [3.8, 4) is 0 Å². The van der Waals surface area contributed by atoms with Crippen LogP contribution in [0.2, 0.25) is 0 Å². The number of benzene rings is 1. The van der Waals surface area contributed by atoms with Gasteiger partial charge in [-0.3, -0.25) is 0 Å². The predicted molar refractivity (Wildman–Crippen MR) is 87.8 cm³/mol. The second kappa shape index (κ2) is 6.89. The maximum absolute atomic E-state index is 13.3. The number of ether oxygens (including phenoxy) is 1. The third-order valence-electron chi connectivity index (χ3n) is 3.49. The number of alkyl carbamates (subject to hydrolysis) is 1. The minimum absolute atomic E-state index is 0.225. The van der Waals surface area contributed by atoms with Crippen molar-refractivity contribution in [3.05, 3.63) is 35.5 Å². The van der Waals surface area contributed by atoms with Gasteiger partial charge in [-0.1, -0.05) is 18.2 Å². The zero-order valence-electron chi connectivity index (χ0n) is 14.4. The molecule has 9 heteroatoms. The monoisotopic (exact) mass is 372 g/mol. The van der Waals surface area contributed by atoms with Gasteiger partial charge < -0.3 is 20.1 Å². The second-order valence-electron chi connectivity index (χ2n) is 6.76. The van der Waals surface area contributed by atoms with Crippen LogP contribution >= 0.6 is 0 Å². The summed E-state index contributed by atoms with van der Waals surface area (Å²) in [6.45, 7) is 4.76. The molecule has 1 aromatic heterocycles. The van der Waals surface area contributed by atoms with Crippen LogP contribution in [0, 0.1) is 0 Å². The molecule has 0 radical (unpaired) electrons. The highest BCUT2D eigenvalue weighted by atomic mass is 19.4. The van der Waals surface area contributed by atoms with Gasteiger partial charge >= 0.3 is 18.2 Å². The Hall–Kier alpha value is -2.71. The van der Waals surface area contributed by atoms with E-state index in [2.05, 4.69) is 10.3 Å². The molecule has 0 unspecified atom stereocenters. The lowest BCUT2D eigenvalue weighted by Crippen LogP contribution is -2.44. The van der Waals surface area contributed by atoms with E-state index in [1.165, 1.54) is 12.1 Å². The number of hydrogen-bond donors (Lipinski definition) is 3. The van der Waals surface area contributed by atoms with Crippen LogP contribution in [-0.4, -0.2) is 33.8 Å². The third-order valence-corrected chi connectivity index (χ3v) is 3.49. The summed E-state index contributed by atoms with van der Waals surface area (Å²) in [5, 5.41) is 11.7. The smallest absolute Gasteiger partial charge is 0.431 e. The first-order chi connectivity index (χ1) is 11.9. The van der Waals surface area contributed by atoms with E-state index in [9.17, 15) is 27.9 Å². The SMILES string of the molecule is CC(C)(C)OC(=O)N[C@@H](Cc1c(C(F)(F)F)[nH]c2ccccc12)C(=O)O. The summed E-state index contributed by atoms with van der Waals surface area (Å²) in [6, 6.07) is 4.46. The molecule has 0 spiro atoms. The number of H-pyrrole nitrogens is 1. The lowest BCUT2D eigenvalue weighted by Gasteiger charge is -2.22. The van der Waals surface area contributed by atoms with Crippen molar-refractivity contribution in [2.45, 2.75) is 45.0 Å². The number of alkyl halides is 3. The van der Waals surface area contributed by atoms with Gasteiger partial charge in [-0.05, 0) is 32.4 Å². The van der Waals surface area contributed by atoms with Gasteiger partial charge in [0.05, 0.1) is 0 Å². The number of para-hydroxylation sites is 1. The van der Waals surface area contributed by atoms with Gasteiger partial charge in [0.1, 0.15) is 17.3 Å². The van der Waals surface area contributed by atoms with E-state index in [4.69, 9.17) is 4.74 Å². The molecule has 2 rings (SSSR count). The summed E-state index contributed by atoms with van der Waals surface area (Å²) in [6.07, 6.45) is -6.25. The molecular weight excluding hydrogens is 353 g/mol. The summed E-state index contributed by atoms with van der Waals surface area (Å²) in [5.74, 6) is -1.46. The van der Waals surface area contributed by atoms with Crippen LogP contribution in [-0.2, 0) is 22.1 Å². The number of aliphatic carboxylic acids is 1. The Balaban J connectivity index is 2.37. The summed E-state index contributed by atoms with van der Waals surface area (Å²) < 4.78 is 45.0. The van der Waals surface area contributed by atoms with Crippen molar-refractivity contribution in [2.75, 3.05) is 0 Å². The minimum Gasteiger partial charge on any atom is -0.480 e. The highest BCUT2D eigenvalue weighted by Crippen LogP contribution is 2.36. The summed E-state index contributed by atoms with van der Waals surface area (Å²) >= 11 is 0. The summed E-state index contributed by atoms with van der Waals surface area (Å²) in [5.41, 5.74) is -1.89. The number of carboxylic acids is 1. The van der Waals surface area contributed by atoms with Crippen LogP contribution in [0.5, 0.6) is 0 Å². The summed E-state index contributed by atoms with van der Waals surface area (Å²) in [7, 11) is 0. The van der Waals surface area contributed by atoms with Crippen LogP contribution in [0.15, 0.2) is 24.3 Å². The molecule has 0 bridgehead atoms. The molecule has 0 fully saturated rings. The van der Waals surface area contributed by atoms with Crippen molar-refractivity contribution in [2.24, 2.45) is 0 Å². The van der Waals surface area contributed by atoms with E-state index in [0.717, 1.165) is 0 Å². The fourth-order valence-corrected chi connectivity index (χ4v) is 2.51. The van der Waals surface area contributed by atoms with Crippen LogP contribution in [0.3, 0.4) is 0 Å². The number of nitrogens with one attached hydrogen (secondary N) is 2. The average molecular weight is 372 g/mol. The molecule has 6 nitrogen and oxygen atoms in total. The number of fused-ring (bicyclic) bond motifs is 1. The molecule has 0 saturated carbocycles. The minimum atomic E-state index is -4.69. The Bertz CT molecular complexity index is 822. The largest absolute Gasteiger partial charge is 0.480 e. The lowest BCUT2D eigenvalue weighted by atomic mass is 10.0. The van der Waals surface area contributed by atoms with Gasteiger partial charge in [0.25, 0.3) is 0 Å². The number of amides is 1. The summed E-state index contributed by atoms with van der Waals surface area (Å²) in [4.78, 5) is 25.6. The molecule has 1 aromatic carbocycles. The molecule has 1 heterocycles. The van der Waals surface area contributed by atoms with Gasteiger partial charge in [-0.25, -0.2) is 9.59 Å². The Labute approximate surface area is 147 Å². The number of halogens is 3. The van der Waals surface area contributed by atoms with E-state index in [-0.39, 0.29) is 16.5 Å². The third kappa shape index (κ3) is 4.68. The lowest BCUT2D eigenvalue weighted by molar-refractivity contribution is -0.143. The maximum Gasteiger partial charge on any atom is 0.431 e. The number of carboxylic acid groups (broad SMARTS) is 1. The molecule has 142 valence electrons. The van der Waals surface area contributed by atoms with E-state index < -0.39 is 42.0 Å². The topological polar surface area (TPSA) is 91.4 Å². The van der Waals surface area contributed by atoms with Gasteiger partial charge in [0.15, 0.2) is 0 Å². The highest BCUT2D eigenvalue weighted by molar-refractivity contribution is 5.87. The molecule has 0 saturated heterocycles. The highest BCUT2D eigenvalue weighted by Gasteiger charge is 2.38.